The van der Waals surface area contributed by atoms with E-state index >= 15 is 0 Å². The Balaban J connectivity index is 1.91. The van der Waals surface area contributed by atoms with Gasteiger partial charge in [0.25, 0.3) is 5.91 Å². The van der Waals surface area contributed by atoms with Crippen molar-refractivity contribution in [3.05, 3.63) is 53.1 Å². The predicted octanol–water partition coefficient (Wildman–Crippen LogP) is 5.01. The molecule has 1 aromatic heterocycles. The maximum atomic E-state index is 13.1. The minimum absolute atomic E-state index is 0.162. The minimum atomic E-state index is -3.64. The Morgan fingerprint density at radius 3 is 2.41 bits per heavy atom. The maximum absolute atomic E-state index is 13.1. The Kier molecular flexibility index (Phi) is 6.28. The smallest absolute Gasteiger partial charge is 0.257 e. The third-order valence-electron chi connectivity index (χ3n) is 4.26. The van der Waals surface area contributed by atoms with Gasteiger partial charge in [-0.15, -0.1) is 0 Å². The van der Waals surface area contributed by atoms with Gasteiger partial charge in [0.15, 0.2) is 5.13 Å². The van der Waals surface area contributed by atoms with E-state index in [9.17, 15) is 13.2 Å². The van der Waals surface area contributed by atoms with Crippen LogP contribution in [0.1, 0.15) is 38.1 Å². The summed E-state index contributed by atoms with van der Waals surface area (Å²) in [6.07, 6.45) is 0. The summed E-state index contributed by atoms with van der Waals surface area (Å²) in [5.41, 5.74) is 1.04. The standard InChI is InChI=1S/C20H22ClN3O3S2/c1-12(2)24(13(3)4)29(26,27)16-8-9-17-18(11-16)28-20(22-17)23-19(25)14-6-5-7-15(21)10-14/h5-13H,1-4H3,(H,22,23,25). The molecule has 1 N–H and O–H groups in total. The number of sulfonamides is 1. The Labute approximate surface area is 179 Å². The first-order chi connectivity index (χ1) is 13.6. The van der Waals surface area contributed by atoms with E-state index in [4.69, 9.17) is 11.6 Å². The molecule has 29 heavy (non-hydrogen) atoms. The molecule has 0 fully saturated rings. The van der Waals surface area contributed by atoms with Crippen LogP contribution in [-0.4, -0.2) is 35.7 Å². The van der Waals surface area contributed by atoms with Crippen LogP contribution in [0, 0.1) is 0 Å². The number of anilines is 1. The number of nitrogens with zero attached hydrogens (tertiary/aromatic N) is 2. The van der Waals surface area contributed by atoms with Crippen LogP contribution in [0.25, 0.3) is 10.2 Å². The Hall–Kier alpha value is -2.00. The maximum Gasteiger partial charge on any atom is 0.257 e. The zero-order chi connectivity index (χ0) is 21.3. The Morgan fingerprint density at radius 1 is 1.10 bits per heavy atom. The van der Waals surface area contributed by atoms with Gasteiger partial charge in [-0.3, -0.25) is 10.1 Å². The lowest BCUT2D eigenvalue weighted by atomic mass is 10.2. The SMILES string of the molecule is CC(C)N(C(C)C)S(=O)(=O)c1ccc2nc(NC(=O)c3cccc(Cl)c3)sc2c1. The Morgan fingerprint density at radius 2 is 1.79 bits per heavy atom. The van der Waals surface area contributed by atoms with Gasteiger partial charge in [0, 0.05) is 22.7 Å². The van der Waals surface area contributed by atoms with E-state index in [1.54, 1.807) is 42.5 Å². The summed E-state index contributed by atoms with van der Waals surface area (Å²) in [6, 6.07) is 11.1. The zero-order valence-electron chi connectivity index (χ0n) is 16.5. The van der Waals surface area contributed by atoms with Crippen molar-refractivity contribution in [2.45, 2.75) is 44.7 Å². The molecule has 9 heteroatoms. The molecule has 0 aliphatic heterocycles. The van der Waals surface area contributed by atoms with Crippen molar-refractivity contribution in [2.75, 3.05) is 5.32 Å². The van der Waals surface area contributed by atoms with Gasteiger partial charge in [0.05, 0.1) is 15.1 Å². The average Bonchev–Trinajstić information content (AvgIpc) is 3.02. The first kappa shape index (κ1) is 21.7. The zero-order valence-corrected chi connectivity index (χ0v) is 18.9. The minimum Gasteiger partial charge on any atom is -0.298 e. The normalized spacial score (nSPS) is 12.3. The molecule has 0 saturated heterocycles. The molecule has 0 bridgehead atoms. The highest BCUT2D eigenvalue weighted by atomic mass is 35.5. The summed E-state index contributed by atoms with van der Waals surface area (Å²) >= 11 is 7.16. The summed E-state index contributed by atoms with van der Waals surface area (Å²) < 4.78 is 28.3. The molecular weight excluding hydrogens is 430 g/mol. The van der Waals surface area contributed by atoms with Crippen LogP contribution in [0.15, 0.2) is 47.4 Å². The lowest BCUT2D eigenvalue weighted by Gasteiger charge is -2.29. The first-order valence-electron chi connectivity index (χ1n) is 9.10. The molecule has 0 spiro atoms. The van der Waals surface area contributed by atoms with E-state index in [2.05, 4.69) is 10.3 Å². The molecule has 0 saturated carbocycles. The number of hydrogen-bond acceptors (Lipinski definition) is 5. The van der Waals surface area contributed by atoms with Gasteiger partial charge in [0.1, 0.15) is 0 Å². The van der Waals surface area contributed by atoms with Gasteiger partial charge in [-0.25, -0.2) is 13.4 Å². The number of hydrogen-bond donors (Lipinski definition) is 1. The van der Waals surface area contributed by atoms with Crippen molar-refractivity contribution in [2.24, 2.45) is 0 Å². The monoisotopic (exact) mass is 451 g/mol. The molecule has 0 aliphatic carbocycles. The van der Waals surface area contributed by atoms with Crippen LogP contribution in [-0.2, 0) is 10.0 Å². The second-order valence-electron chi connectivity index (χ2n) is 7.14. The highest BCUT2D eigenvalue weighted by molar-refractivity contribution is 7.89. The number of aromatic nitrogens is 1. The number of thiazole rings is 1. The fraction of sp³-hybridized carbons (Fsp3) is 0.300. The lowest BCUT2D eigenvalue weighted by Crippen LogP contribution is -2.41. The second kappa shape index (κ2) is 8.39. The molecule has 154 valence electrons. The van der Waals surface area contributed by atoms with Crippen molar-refractivity contribution < 1.29 is 13.2 Å². The van der Waals surface area contributed by atoms with Crippen LogP contribution in [0.2, 0.25) is 5.02 Å². The van der Waals surface area contributed by atoms with E-state index in [1.807, 2.05) is 27.7 Å². The third-order valence-corrected chi connectivity index (χ3v) is 7.68. The molecule has 1 heterocycles. The number of amides is 1. The number of carbonyl (C=O) groups excluding carboxylic acids is 1. The largest absolute Gasteiger partial charge is 0.298 e. The fourth-order valence-corrected chi connectivity index (χ4v) is 6.22. The summed E-state index contributed by atoms with van der Waals surface area (Å²) in [6.45, 7) is 7.41. The van der Waals surface area contributed by atoms with Gasteiger partial charge in [-0.2, -0.15) is 4.31 Å². The summed E-state index contributed by atoms with van der Waals surface area (Å²) in [4.78, 5) is 17.0. The molecule has 0 aliphatic rings. The molecule has 0 atom stereocenters. The highest BCUT2D eigenvalue weighted by Gasteiger charge is 2.29. The number of benzene rings is 2. The molecule has 6 nitrogen and oxygen atoms in total. The van der Waals surface area contributed by atoms with Gasteiger partial charge in [-0.1, -0.05) is 29.0 Å². The molecule has 3 aromatic rings. The first-order valence-corrected chi connectivity index (χ1v) is 11.7. The molecule has 2 aromatic carbocycles. The van der Waals surface area contributed by atoms with Crippen molar-refractivity contribution in [1.82, 2.24) is 9.29 Å². The average molecular weight is 452 g/mol. The van der Waals surface area contributed by atoms with Gasteiger partial charge in [0.2, 0.25) is 10.0 Å². The molecular formula is C20H22ClN3O3S2. The topological polar surface area (TPSA) is 79.4 Å². The van der Waals surface area contributed by atoms with E-state index in [0.717, 1.165) is 0 Å². The third kappa shape index (κ3) is 4.61. The molecule has 0 unspecified atom stereocenters. The number of fused-ring (bicyclic) bond motifs is 1. The van der Waals surface area contributed by atoms with E-state index in [1.165, 1.54) is 15.6 Å². The van der Waals surface area contributed by atoms with Gasteiger partial charge in [-0.05, 0) is 64.1 Å². The van der Waals surface area contributed by atoms with Gasteiger partial charge >= 0.3 is 0 Å². The van der Waals surface area contributed by atoms with Crippen LogP contribution < -0.4 is 5.32 Å². The number of nitrogens with one attached hydrogen (secondary N) is 1. The van der Waals surface area contributed by atoms with Crippen molar-refractivity contribution in [3.8, 4) is 0 Å². The molecule has 1 amide bonds. The van der Waals surface area contributed by atoms with E-state index in [-0.39, 0.29) is 22.9 Å². The van der Waals surface area contributed by atoms with Crippen molar-refractivity contribution in [1.29, 1.82) is 0 Å². The van der Waals surface area contributed by atoms with Crippen LogP contribution in [0.5, 0.6) is 0 Å². The highest BCUT2D eigenvalue weighted by Crippen LogP contribution is 2.30. The summed E-state index contributed by atoms with van der Waals surface area (Å²) in [5.74, 6) is -0.329. The van der Waals surface area contributed by atoms with Crippen LogP contribution in [0.3, 0.4) is 0 Å². The van der Waals surface area contributed by atoms with Crippen LogP contribution >= 0.6 is 22.9 Å². The summed E-state index contributed by atoms with van der Waals surface area (Å²) in [7, 11) is -3.64. The van der Waals surface area contributed by atoms with Crippen molar-refractivity contribution in [3.63, 3.8) is 0 Å². The quantitative estimate of drug-likeness (QED) is 0.571. The summed E-state index contributed by atoms with van der Waals surface area (Å²) in [5, 5.41) is 3.60. The van der Waals surface area contributed by atoms with E-state index < -0.39 is 10.0 Å². The second-order valence-corrected chi connectivity index (χ2v) is 10.4. The number of rotatable bonds is 6. The fourth-order valence-electron chi connectivity index (χ4n) is 3.19. The number of halogens is 1. The number of carbonyl (C=O) groups is 1. The predicted molar refractivity (Wildman–Crippen MR) is 118 cm³/mol. The lowest BCUT2D eigenvalue weighted by molar-refractivity contribution is 0.102. The van der Waals surface area contributed by atoms with E-state index in [0.29, 0.717) is 25.9 Å². The van der Waals surface area contributed by atoms with Crippen LogP contribution in [0.4, 0.5) is 5.13 Å². The molecule has 3 rings (SSSR count). The van der Waals surface area contributed by atoms with Crippen molar-refractivity contribution >= 4 is 54.2 Å². The van der Waals surface area contributed by atoms with Gasteiger partial charge < -0.3 is 0 Å². The Bertz CT molecular complexity index is 1150. The molecule has 0 radical (unpaired) electrons.